The number of hydrogen-bond acceptors (Lipinski definition) is 6. The van der Waals surface area contributed by atoms with E-state index in [0.717, 1.165) is 17.0 Å². The fourth-order valence-corrected chi connectivity index (χ4v) is 3.39. The Kier molecular flexibility index (Phi) is 6.05. The molecule has 0 aliphatic heterocycles. The first-order valence-corrected chi connectivity index (χ1v) is 9.41. The van der Waals surface area contributed by atoms with Crippen LogP contribution in [0.25, 0.3) is 0 Å². The van der Waals surface area contributed by atoms with Crippen LogP contribution in [-0.2, 0) is 25.7 Å². The number of nitrogens with one attached hydrogen (secondary N) is 2. The standard InChI is InChI=1S/C15H19N3O4S2/c1-10-5-4-6-12(7-10)8-13-11(2)17-15(23-13)18-14(19)9-22-24(20,21)16-3/h4-7,16H,8-9H2,1-3H3,(H,17,18,19). The molecule has 0 atom stereocenters. The van der Waals surface area contributed by atoms with Crippen molar-refractivity contribution >= 4 is 32.7 Å². The van der Waals surface area contributed by atoms with Gasteiger partial charge in [0.2, 0.25) is 0 Å². The molecular formula is C15H19N3O4S2. The van der Waals surface area contributed by atoms with E-state index in [-0.39, 0.29) is 0 Å². The molecule has 0 spiro atoms. The first kappa shape index (κ1) is 18.5. The van der Waals surface area contributed by atoms with Gasteiger partial charge in [0.1, 0.15) is 6.61 Å². The summed E-state index contributed by atoms with van der Waals surface area (Å²) in [5.74, 6) is -0.579. The topological polar surface area (TPSA) is 97.4 Å². The van der Waals surface area contributed by atoms with Gasteiger partial charge in [-0.2, -0.15) is 13.1 Å². The van der Waals surface area contributed by atoms with E-state index in [1.165, 1.54) is 29.5 Å². The number of hydrogen-bond donors (Lipinski definition) is 2. The Labute approximate surface area is 145 Å². The minimum atomic E-state index is -3.88. The fourth-order valence-electron chi connectivity index (χ4n) is 2.00. The van der Waals surface area contributed by atoms with E-state index in [2.05, 4.69) is 20.6 Å². The van der Waals surface area contributed by atoms with Crippen LogP contribution in [-0.4, -0.2) is 33.0 Å². The number of carbonyl (C=O) groups is 1. The zero-order chi connectivity index (χ0) is 17.7. The Bertz CT molecular complexity index is 831. The minimum Gasteiger partial charge on any atom is -0.300 e. The zero-order valence-electron chi connectivity index (χ0n) is 13.6. The van der Waals surface area contributed by atoms with Gasteiger partial charge in [0.05, 0.1) is 5.69 Å². The Morgan fingerprint density at radius 1 is 1.33 bits per heavy atom. The molecule has 2 aromatic rings. The molecule has 24 heavy (non-hydrogen) atoms. The number of amides is 1. The summed E-state index contributed by atoms with van der Waals surface area (Å²) in [7, 11) is -2.68. The molecule has 1 aromatic carbocycles. The number of aromatic nitrogens is 1. The van der Waals surface area contributed by atoms with Crippen molar-refractivity contribution < 1.29 is 17.4 Å². The van der Waals surface area contributed by atoms with Crippen molar-refractivity contribution in [3.8, 4) is 0 Å². The lowest BCUT2D eigenvalue weighted by molar-refractivity contribution is -0.118. The first-order valence-electron chi connectivity index (χ1n) is 7.18. The molecular weight excluding hydrogens is 350 g/mol. The molecule has 0 bridgehead atoms. The second-order valence-electron chi connectivity index (χ2n) is 5.16. The molecule has 9 heteroatoms. The maximum atomic E-state index is 11.7. The molecule has 7 nitrogen and oxygen atoms in total. The van der Waals surface area contributed by atoms with Crippen molar-refractivity contribution in [2.24, 2.45) is 0 Å². The predicted molar refractivity (Wildman–Crippen MR) is 93.4 cm³/mol. The average molecular weight is 369 g/mol. The highest BCUT2D eigenvalue weighted by Crippen LogP contribution is 2.25. The monoisotopic (exact) mass is 369 g/mol. The Morgan fingerprint density at radius 3 is 2.75 bits per heavy atom. The van der Waals surface area contributed by atoms with Crippen molar-refractivity contribution in [1.82, 2.24) is 9.71 Å². The van der Waals surface area contributed by atoms with Gasteiger partial charge >= 0.3 is 10.3 Å². The van der Waals surface area contributed by atoms with E-state index in [9.17, 15) is 13.2 Å². The van der Waals surface area contributed by atoms with E-state index in [4.69, 9.17) is 0 Å². The van der Waals surface area contributed by atoms with Gasteiger partial charge in [-0.1, -0.05) is 29.8 Å². The molecule has 0 radical (unpaired) electrons. The van der Waals surface area contributed by atoms with Crippen LogP contribution in [0.3, 0.4) is 0 Å². The summed E-state index contributed by atoms with van der Waals surface area (Å²) in [6.07, 6.45) is 0.728. The molecule has 2 N–H and O–H groups in total. The summed E-state index contributed by atoms with van der Waals surface area (Å²) in [6, 6.07) is 8.19. The lowest BCUT2D eigenvalue weighted by Gasteiger charge is -2.03. The Hall–Kier alpha value is -1.81. The van der Waals surface area contributed by atoms with Crippen molar-refractivity contribution in [2.45, 2.75) is 20.3 Å². The largest absolute Gasteiger partial charge is 0.336 e. The zero-order valence-corrected chi connectivity index (χ0v) is 15.3. The molecule has 0 saturated heterocycles. The van der Waals surface area contributed by atoms with Gasteiger partial charge in [0.25, 0.3) is 5.91 Å². The lowest BCUT2D eigenvalue weighted by atomic mass is 10.1. The number of carbonyl (C=O) groups excluding carboxylic acids is 1. The quantitative estimate of drug-likeness (QED) is 0.775. The highest BCUT2D eigenvalue weighted by molar-refractivity contribution is 7.84. The summed E-state index contributed by atoms with van der Waals surface area (Å²) in [4.78, 5) is 17.1. The van der Waals surface area contributed by atoms with Gasteiger partial charge in [-0.15, -0.1) is 11.3 Å². The van der Waals surface area contributed by atoms with Crippen LogP contribution < -0.4 is 10.0 Å². The van der Waals surface area contributed by atoms with Gasteiger partial charge in [-0.05, 0) is 19.4 Å². The van der Waals surface area contributed by atoms with Crippen LogP contribution in [0.4, 0.5) is 5.13 Å². The summed E-state index contributed by atoms with van der Waals surface area (Å²) < 4.78 is 28.7. The number of aryl methyl sites for hydroxylation is 2. The maximum Gasteiger partial charge on any atom is 0.336 e. The smallest absolute Gasteiger partial charge is 0.300 e. The van der Waals surface area contributed by atoms with Gasteiger partial charge < -0.3 is 0 Å². The van der Waals surface area contributed by atoms with E-state index in [1.54, 1.807) is 0 Å². The minimum absolute atomic E-state index is 0.422. The van der Waals surface area contributed by atoms with Crippen LogP contribution in [0.15, 0.2) is 24.3 Å². The van der Waals surface area contributed by atoms with Crippen molar-refractivity contribution in [1.29, 1.82) is 0 Å². The van der Waals surface area contributed by atoms with Crippen LogP contribution >= 0.6 is 11.3 Å². The van der Waals surface area contributed by atoms with Crippen molar-refractivity contribution in [3.63, 3.8) is 0 Å². The highest BCUT2D eigenvalue weighted by atomic mass is 32.2. The Morgan fingerprint density at radius 2 is 2.08 bits per heavy atom. The van der Waals surface area contributed by atoms with Gasteiger partial charge in [-0.25, -0.2) is 9.17 Å². The predicted octanol–water partition coefficient (Wildman–Crippen LogP) is 1.77. The third-order valence-corrected chi connectivity index (χ3v) is 5.18. The molecule has 0 aliphatic rings. The average Bonchev–Trinajstić information content (AvgIpc) is 2.85. The van der Waals surface area contributed by atoms with Gasteiger partial charge in [0, 0.05) is 18.3 Å². The number of benzene rings is 1. The lowest BCUT2D eigenvalue weighted by Crippen LogP contribution is -2.27. The summed E-state index contributed by atoms with van der Waals surface area (Å²) in [6.45, 7) is 3.31. The summed E-state index contributed by atoms with van der Waals surface area (Å²) in [5, 5.41) is 2.97. The number of nitrogens with zero attached hydrogens (tertiary/aromatic N) is 1. The molecule has 1 amide bonds. The first-order chi connectivity index (χ1) is 11.3. The number of thiazole rings is 1. The van der Waals surface area contributed by atoms with Crippen molar-refractivity contribution in [2.75, 3.05) is 19.0 Å². The highest BCUT2D eigenvalue weighted by Gasteiger charge is 2.14. The third kappa shape index (κ3) is 5.38. The third-order valence-electron chi connectivity index (χ3n) is 3.18. The molecule has 1 heterocycles. The number of rotatable bonds is 7. The van der Waals surface area contributed by atoms with E-state index >= 15 is 0 Å². The Balaban J connectivity index is 1.99. The second kappa shape index (κ2) is 7.84. The van der Waals surface area contributed by atoms with Crippen LogP contribution in [0, 0.1) is 13.8 Å². The molecule has 130 valence electrons. The molecule has 0 saturated carbocycles. The normalized spacial score (nSPS) is 11.5. The van der Waals surface area contributed by atoms with Crippen LogP contribution in [0.5, 0.6) is 0 Å². The van der Waals surface area contributed by atoms with E-state index in [1.807, 2.05) is 36.8 Å². The van der Waals surface area contributed by atoms with E-state index < -0.39 is 22.8 Å². The van der Waals surface area contributed by atoms with Crippen LogP contribution in [0.1, 0.15) is 21.7 Å². The summed E-state index contributed by atoms with van der Waals surface area (Å²) >= 11 is 1.36. The van der Waals surface area contributed by atoms with Gasteiger partial charge in [0.15, 0.2) is 5.13 Å². The fraction of sp³-hybridized carbons (Fsp3) is 0.333. The molecule has 0 fully saturated rings. The van der Waals surface area contributed by atoms with E-state index in [0.29, 0.717) is 5.13 Å². The molecule has 2 rings (SSSR count). The SMILES string of the molecule is CNS(=O)(=O)OCC(=O)Nc1nc(C)c(Cc2cccc(C)c2)s1. The molecule has 0 unspecified atom stereocenters. The van der Waals surface area contributed by atoms with Crippen LogP contribution in [0.2, 0.25) is 0 Å². The van der Waals surface area contributed by atoms with Crippen molar-refractivity contribution in [3.05, 3.63) is 46.0 Å². The number of anilines is 1. The molecule has 1 aromatic heterocycles. The maximum absolute atomic E-state index is 11.7. The molecule has 0 aliphatic carbocycles. The summed E-state index contributed by atoms with van der Waals surface area (Å²) in [5.41, 5.74) is 3.19. The second-order valence-corrected chi connectivity index (χ2v) is 7.80. The van der Waals surface area contributed by atoms with Gasteiger partial charge in [-0.3, -0.25) is 10.1 Å².